The highest BCUT2D eigenvalue weighted by atomic mass is 16.6. The van der Waals surface area contributed by atoms with Crippen molar-refractivity contribution in [2.75, 3.05) is 6.54 Å². The Bertz CT molecular complexity index is 227. The molecule has 1 saturated heterocycles. The van der Waals surface area contributed by atoms with Crippen LogP contribution in [-0.2, 0) is 9.53 Å². The third kappa shape index (κ3) is 1.85. The monoisotopic (exact) mass is 156 g/mol. The maximum absolute atomic E-state index is 10.7. The molecule has 5 heteroatoms. The fraction of sp³-hybridized carbons (Fsp3) is 0.833. The van der Waals surface area contributed by atoms with Crippen LogP contribution in [0.4, 0.5) is 0 Å². The normalized spacial score (nSPS) is 30.5. The summed E-state index contributed by atoms with van der Waals surface area (Å²) in [7, 11) is 0. The van der Waals surface area contributed by atoms with Crippen LogP contribution in [0.15, 0.2) is 5.11 Å². The van der Waals surface area contributed by atoms with Gasteiger partial charge in [-0.15, -0.1) is 0 Å². The van der Waals surface area contributed by atoms with Crippen LogP contribution >= 0.6 is 0 Å². The zero-order valence-electron chi connectivity index (χ0n) is 6.93. The smallest absolute Gasteiger partial charge is 0.306 e. The molecule has 0 aromatic rings. The Hall–Kier alpha value is -1.22. The van der Waals surface area contributed by atoms with Crippen molar-refractivity contribution in [2.24, 2.45) is 11.0 Å². The summed E-state index contributed by atoms with van der Waals surface area (Å²) in [6.45, 7) is 0.281. The van der Waals surface area contributed by atoms with Crippen LogP contribution in [0.3, 0.4) is 0 Å². The minimum absolute atomic E-state index is 0.108. The topological polar surface area (TPSA) is 75.1 Å². The Balaban J connectivity index is 2.51. The lowest BCUT2D eigenvalue weighted by atomic mass is 10.0. The van der Waals surface area contributed by atoms with E-state index in [0.717, 1.165) is 0 Å². The van der Waals surface area contributed by atoms with Crippen LogP contribution < -0.4 is 0 Å². The third-order valence-corrected chi connectivity index (χ3v) is 1.56. The van der Waals surface area contributed by atoms with Gasteiger partial charge < -0.3 is 4.74 Å². The molecular weight excluding hydrogens is 146 g/mol. The average molecular weight is 156 g/mol. The number of azide groups is 1. The lowest BCUT2D eigenvalue weighted by Gasteiger charge is -2.08. The molecule has 1 aliphatic rings. The Morgan fingerprint density at radius 3 is 3.55 bits per heavy atom. The van der Waals surface area contributed by atoms with Crippen LogP contribution in [0.2, 0.25) is 0 Å². The van der Waals surface area contributed by atoms with Crippen molar-refractivity contribution in [1.29, 1.82) is 0 Å². The molecule has 0 aromatic heterocycles. The maximum Gasteiger partial charge on any atom is 0.306 e. The molecule has 0 unspecified atom stereocenters. The molecule has 1 fully saturated rings. The summed E-state index contributed by atoms with van der Waals surface area (Å²) >= 11 is 0. The van der Waals surface area contributed by atoms with Gasteiger partial charge in [0.25, 0.3) is 0 Å². The number of ether oxygens (including phenoxy) is 1. The molecule has 0 spiro atoms. The van der Waals surface area contributed by atoms with Crippen LogP contribution in [0.5, 0.6) is 0 Å². The SMILES string of the molecule is [2H]C[C@@H]1CC(=O)O[C@@H]1CN=[N+]=[N-]. The Morgan fingerprint density at radius 1 is 2.09 bits per heavy atom. The molecule has 0 aliphatic carbocycles. The molecule has 11 heavy (non-hydrogen) atoms. The minimum atomic E-state index is -0.383. The highest BCUT2D eigenvalue weighted by Gasteiger charge is 2.30. The summed E-state index contributed by atoms with van der Waals surface area (Å²) in [4.78, 5) is 13.3. The molecule has 1 heterocycles. The molecule has 0 radical (unpaired) electrons. The molecule has 60 valence electrons. The Labute approximate surface area is 65.4 Å². The standard InChI is InChI=1S/C6H9N3O2/c1-4-2-6(10)11-5(4)3-8-9-7/h4-5H,2-3H2,1H3/t4-,5-/m1/s1/i1D. The second kappa shape index (κ2) is 3.25. The Morgan fingerprint density at radius 2 is 2.91 bits per heavy atom. The molecule has 0 N–H and O–H groups in total. The number of esters is 1. The van der Waals surface area contributed by atoms with E-state index in [1.807, 2.05) is 0 Å². The van der Waals surface area contributed by atoms with Gasteiger partial charge in [-0.1, -0.05) is 12.0 Å². The van der Waals surface area contributed by atoms with E-state index in [0.29, 0.717) is 0 Å². The first-order valence-corrected chi connectivity index (χ1v) is 3.27. The summed E-state index contributed by atoms with van der Waals surface area (Å²) in [5, 5.41) is 3.31. The predicted octanol–water partition coefficient (Wildman–Crippen LogP) is 1.25. The third-order valence-electron chi connectivity index (χ3n) is 1.56. The van der Waals surface area contributed by atoms with Crippen molar-refractivity contribution in [2.45, 2.75) is 19.4 Å². The minimum Gasteiger partial charge on any atom is -0.462 e. The largest absolute Gasteiger partial charge is 0.462 e. The first-order valence-electron chi connectivity index (χ1n) is 3.98. The van der Waals surface area contributed by atoms with E-state index in [4.69, 9.17) is 11.6 Å². The zero-order chi connectivity index (χ0) is 8.97. The molecule has 5 nitrogen and oxygen atoms in total. The number of carbonyl (C=O) groups excluding carboxylic acids is 1. The van der Waals surface area contributed by atoms with Crippen molar-refractivity contribution in [3.05, 3.63) is 10.4 Å². The molecule has 1 rings (SSSR count). The second-order valence-corrected chi connectivity index (χ2v) is 2.41. The fourth-order valence-corrected chi connectivity index (χ4v) is 0.962. The predicted molar refractivity (Wildman–Crippen MR) is 37.7 cm³/mol. The van der Waals surface area contributed by atoms with Crippen LogP contribution in [0.1, 0.15) is 14.7 Å². The van der Waals surface area contributed by atoms with Crippen LogP contribution in [-0.4, -0.2) is 18.6 Å². The van der Waals surface area contributed by atoms with Crippen LogP contribution in [0.25, 0.3) is 10.4 Å². The van der Waals surface area contributed by atoms with E-state index in [-0.39, 0.29) is 37.9 Å². The first kappa shape index (κ1) is 6.49. The molecular formula is C6H9N3O2. The summed E-state index contributed by atoms with van der Waals surface area (Å²) < 4.78 is 11.9. The molecule has 0 bridgehead atoms. The van der Waals surface area contributed by atoms with Gasteiger partial charge >= 0.3 is 5.97 Å². The summed E-state index contributed by atoms with van der Waals surface area (Å²) in [6, 6.07) is 0. The van der Waals surface area contributed by atoms with Gasteiger partial charge in [0.1, 0.15) is 6.10 Å². The molecule has 2 atom stereocenters. The van der Waals surface area contributed by atoms with Gasteiger partial charge in [0.15, 0.2) is 0 Å². The quantitative estimate of drug-likeness (QED) is 0.261. The van der Waals surface area contributed by atoms with Crippen molar-refractivity contribution < 1.29 is 10.9 Å². The van der Waals surface area contributed by atoms with Crippen molar-refractivity contribution in [3.8, 4) is 0 Å². The maximum atomic E-state index is 10.7. The second-order valence-electron chi connectivity index (χ2n) is 2.41. The lowest BCUT2D eigenvalue weighted by Crippen LogP contribution is -2.16. The van der Waals surface area contributed by atoms with E-state index in [2.05, 4.69) is 10.0 Å². The highest BCUT2D eigenvalue weighted by Crippen LogP contribution is 2.21. The molecule has 1 aliphatic heterocycles. The van der Waals surface area contributed by atoms with Gasteiger partial charge in [0.2, 0.25) is 0 Å². The van der Waals surface area contributed by atoms with Gasteiger partial charge in [-0.2, -0.15) is 0 Å². The van der Waals surface area contributed by atoms with Gasteiger partial charge in [-0.05, 0) is 5.53 Å². The van der Waals surface area contributed by atoms with Gasteiger partial charge in [-0.25, -0.2) is 0 Å². The van der Waals surface area contributed by atoms with Crippen LogP contribution in [0, 0.1) is 5.92 Å². The number of rotatable bonds is 2. The van der Waals surface area contributed by atoms with E-state index in [1.165, 1.54) is 0 Å². The number of hydrogen-bond donors (Lipinski definition) is 0. The summed E-state index contributed by atoms with van der Waals surface area (Å²) in [5.74, 6) is -0.409. The number of carbonyl (C=O) groups is 1. The molecule has 0 saturated carbocycles. The van der Waals surface area contributed by atoms with E-state index in [9.17, 15) is 4.79 Å². The summed E-state index contributed by atoms with van der Waals surface area (Å²) in [6.07, 6.45) is -0.110. The van der Waals surface area contributed by atoms with E-state index in [1.54, 1.807) is 0 Å². The zero-order valence-corrected chi connectivity index (χ0v) is 5.93. The number of nitrogens with zero attached hydrogens (tertiary/aromatic N) is 3. The van der Waals surface area contributed by atoms with Crippen molar-refractivity contribution in [1.82, 2.24) is 0 Å². The highest BCUT2D eigenvalue weighted by molar-refractivity contribution is 5.72. The summed E-state index contributed by atoms with van der Waals surface area (Å²) in [5.41, 5.74) is 8.02. The number of hydrogen-bond acceptors (Lipinski definition) is 3. The van der Waals surface area contributed by atoms with Gasteiger partial charge in [0, 0.05) is 12.2 Å². The fourth-order valence-electron chi connectivity index (χ4n) is 0.962. The van der Waals surface area contributed by atoms with Crippen molar-refractivity contribution in [3.63, 3.8) is 0 Å². The Kier molecular flexibility index (Phi) is 1.92. The lowest BCUT2D eigenvalue weighted by molar-refractivity contribution is -0.141. The molecule has 0 aromatic carbocycles. The van der Waals surface area contributed by atoms with Gasteiger partial charge in [-0.3, -0.25) is 4.79 Å². The van der Waals surface area contributed by atoms with Crippen molar-refractivity contribution >= 4 is 5.97 Å². The average Bonchev–Trinajstić information content (AvgIpc) is 2.42. The number of cyclic esters (lactones) is 1. The molecule has 0 amide bonds. The van der Waals surface area contributed by atoms with Gasteiger partial charge in [0.05, 0.1) is 13.0 Å². The van der Waals surface area contributed by atoms with E-state index >= 15 is 0 Å². The van der Waals surface area contributed by atoms with E-state index < -0.39 is 0 Å². The first-order chi connectivity index (χ1) is 5.77.